The summed E-state index contributed by atoms with van der Waals surface area (Å²) >= 11 is 1.45. The molecule has 3 aromatic rings. The van der Waals surface area contributed by atoms with Gasteiger partial charge in [-0.15, -0.1) is 0 Å². The molecule has 0 saturated carbocycles. The molecule has 7 nitrogen and oxygen atoms in total. The van der Waals surface area contributed by atoms with Crippen LogP contribution in [0.15, 0.2) is 60.5 Å². The Bertz CT molecular complexity index is 1110. The Balaban J connectivity index is 1.27. The maximum Gasteiger partial charge on any atom is 0.167 e. The average Bonchev–Trinajstić information content (AvgIpc) is 3.42. The van der Waals surface area contributed by atoms with Crippen molar-refractivity contribution < 1.29 is 4.74 Å². The van der Waals surface area contributed by atoms with Gasteiger partial charge in [-0.1, -0.05) is 36.0 Å². The minimum absolute atomic E-state index is 0.503. The van der Waals surface area contributed by atoms with Gasteiger partial charge < -0.3 is 15.8 Å². The molecule has 160 valence electrons. The standard InChI is InChI=1S/C23H26N6OS/c24-22-21(20-15-26-18-5-1-2-6-19(18)27-20)31-23(25,28-22)16-7-9-17(10-8-16)30-14-13-29-11-3-4-12-29/h1-2,5-10,15,28H,3-4,11-14,24-25H2. The highest BCUT2D eigenvalue weighted by atomic mass is 32.2. The molecule has 1 unspecified atom stereocenters. The molecule has 2 aliphatic rings. The largest absolute Gasteiger partial charge is 0.492 e. The third-order valence-electron chi connectivity index (χ3n) is 5.67. The number of likely N-dealkylation sites (tertiary alicyclic amines) is 1. The lowest BCUT2D eigenvalue weighted by Crippen LogP contribution is -2.45. The minimum Gasteiger partial charge on any atom is -0.492 e. The molecule has 2 aromatic carbocycles. The van der Waals surface area contributed by atoms with E-state index in [1.54, 1.807) is 6.20 Å². The van der Waals surface area contributed by atoms with Crippen molar-refractivity contribution in [3.8, 4) is 5.75 Å². The molecule has 0 amide bonds. The average molecular weight is 435 g/mol. The van der Waals surface area contributed by atoms with E-state index in [-0.39, 0.29) is 0 Å². The molecule has 0 spiro atoms. The Morgan fingerprint density at radius 3 is 2.58 bits per heavy atom. The van der Waals surface area contributed by atoms with Crippen molar-refractivity contribution in [2.45, 2.75) is 17.8 Å². The van der Waals surface area contributed by atoms with E-state index in [0.29, 0.717) is 18.1 Å². The van der Waals surface area contributed by atoms with Gasteiger partial charge >= 0.3 is 0 Å². The first-order chi connectivity index (χ1) is 15.1. The first-order valence-corrected chi connectivity index (χ1v) is 11.4. The molecule has 2 aliphatic heterocycles. The summed E-state index contributed by atoms with van der Waals surface area (Å²) in [7, 11) is 0. The van der Waals surface area contributed by atoms with Crippen LogP contribution in [0.25, 0.3) is 15.9 Å². The van der Waals surface area contributed by atoms with Gasteiger partial charge in [0.25, 0.3) is 0 Å². The highest BCUT2D eigenvalue weighted by Crippen LogP contribution is 2.45. The maximum atomic E-state index is 6.68. The second kappa shape index (κ2) is 8.37. The zero-order valence-electron chi connectivity index (χ0n) is 17.3. The van der Waals surface area contributed by atoms with Crippen molar-refractivity contribution in [3.05, 3.63) is 71.8 Å². The zero-order valence-corrected chi connectivity index (χ0v) is 18.1. The number of rotatable bonds is 6. The minimum atomic E-state index is -0.874. The first-order valence-electron chi connectivity index (χ1n) is 10.5. The topological polar surface area (TPSA) is 102 Å². The van der Waals surface area contributed by atoms with Crippen molar-refractivity contribution in [2.24, 2.45) is 11.5 Å². The van der Waals surface area contributed by atoms with Crippen LogP contribution < -0.4 is 21.5 Å². The number of benzene rings is 2. The predicted molar refractivity (Wildman–Crippen MR) is 125 cm³/mol. The van der Waals surface area contributed by atoms with Crippen molar-refractivity contribution in [1.29, 1.82) is 0 Å². The SMILES string of the molecule is NC1=C(c2cnc3ccccc3n2)SC(N)(c2ccc(OCCN3CCCC3)cc2)N1. The van der Waals surface area contributed by atoms with Gasteiger partial charge in [-0.05, 0) is 50.2 Å². The summed E-state index contributed by atoms with van der Waals surface area (Å²) < 4.78 is 5.91. The second-order valence-corrected chi connectivity index (χ2v) is 9.13. The summed E-state index contributed by atoms with van der Waals surface area (Å²) in [5.74, 6) is 1.35. The monoisotopic (exact) mass is 434 g/mol. The van der Waals surface area contributed by atoms with Crippen molar-refractivity contribution in [3.63, 3.8) is 0 Å². The Morgan fingerprint density at radius 2 is 1.81 bits per heavy atom. The van der Waals surface area contributed by atoms with E-state index in [1.165, 1.54) is 37.7 Å². The van der Waals surface area contributed by atoms with Crippen LogP contribution in [0, 0.1) is 0 Å². The van der Waals surface area contributed by atoms with E-state index in [9.17, 15) is 0 Å². The highest BCUT2D eigenvalue weighted by Gasteiger charge is 2.38. The fraction of sp³-hybridized carbons (Fsp3) is 0.304. The van der Waals surface area contributed by atoms with Crippen LogP contribution in [0.5, 0.6) is 5.75 Å². The molecule has 0 radical (unpaired) electrons. The smallest absolute Gasteiger partial charge is 0.167 e. The Hall–Kier alpha value is -2.81. The number of aromatic nitrogens is 2. The lowest BCUT2D eigenvalue weighted by molar-refractivity contribution is 0.237. The summed E-state index contributed by atoms with van der Waals surface area (Å²) in [6, 6.07) is 15.6. The molecule has 1 atom stereocenters. The molecule has 1 aromatic heterocycles. The molecule has 5 rings (SSSR count). The summed E-state index contributed by atoms with van der Waals surface area (Å²) in [5, 5.41) is 3.23. The van der Waals surface area contributed by atoms with E-state index < -0.39 is 4.99 Å². The van der Waals surface area contributed by atoms with Gasteiger partial charge in [-0.3, -0.25) is 15.6 Å². The van der Waals surface area contributed by atoms with Gasteiger partial charge in [-0.2, -0.15) is 0 Å². The van der Waals surface area contributed by atoms with E-state index in [0.717, 1.165) is 33.8 Å². The number of hydrogen-bond donors (Lipinski definition) is 3. The number of nitrogens with one attached hydrogen (secondary N) is 1. The van der Waals surface area contributed by atoms with Crippen molar-refractivity contribution in [2.75, 3.05) is 26.2 Å². The number of hydrogen-bond acceptors (Lipinski definition) is 8. The van der Waals surface area contributed by atoms with E-state index in [2.05, 4.69) is 15.2 Å². The molecule has 1 fully saturated rings. The number of ether oxygens (including phenoxy) is 1. The van der Waals surface area contributed by atoms with E-state index >= 15 is 0 Å². The molecular formula is C23H26N6OS. The fourth-order valence-electron chi connectivity index (χ4n) is 3.98. The summed E-state index contributed by atoms with van der Waals surface area (Å²) in [6.07, 6.45) is 4.33. The van der Waals surface area contributed by atoms with Crippen LogP contribution in [0.2, 0.25) is 0 Å². The third kappa shape index (κ3) is 4.19. The number of thioether (sulfide) groups is 1. The van der Waals surface area contributed by atoms with Crippen molar-refractivity contribution in [1.82, 2.24) is 20.2 Å². The van der Waals surface area contributed by atoms with Crippen LogP contribution in [-0.4, -0.2) is 41.1 Å². The third-order valence-corrected chi connectivity index (χ3v) is 6.96. The van der Waals surface area contributed by atoms with Gasteiger partial charge in [0.15, 0.2) is 4.99 Å². The normalized spacial score (nSPS) is 21.6. The number of nitrogens with zero attached hydrogens (tertiary/aromatic N) is 3. The molecule has 31 heavy (non-hydrogen) atoms. The number of para-hydroxylation sites is 2. The van der Waals surface area contributed by atoms with Crippen LogP contribution in [0.3, 0.4) is 0 Å². The Kier molecular flexibility index (Phi) is 5.43. The van der Waals surface area contributed by atoms with Gasteiger partial charge in [0, 0.05) is 12.1 Å². The highest BCUT2D eigenvalue weighted by molar-refractivity contribution is 8.09. The molecule has 0 aliphatic carbocycles. The van der Waals surface area contributed by atoms with Gasteiger partial charge in [0.2, 0.25) is 0 Å². The van der Waals surface area contributed by atoms with Gasteiger partial charge in [0.05, 0.1) is 27.8 Å². The lowest BCUT2D eigenvalue weighted by Gasteiger charge is -2.25. The van der Waals surface area contributed by atoms with Crippen LogP contribution in [-0.2, 0) is 4.99 Å². The van der Waals surface area contributed by atoms with E-state index in [1.807, 2.05) is 48.5 Å². The summed E-state index contributed by atoms with van der Waals surface area (Å²) in [6.45, 7) is 4.02. The molecule has 3 heterocycles. The molecule has 8 heteroatoms. The lowest BCUT2D eigenvalue weighted by atomic mass is 10.1. The molecule has 5 N–H and O–H groups in total. The van der Waals surface area contributed by atoms with Gasteiger partial charge in [-0.25, -0.2) is 4.98 Å². The first kappa shape index (κ1) is 20.1. The quantitative estimate of drug-likeness (QED) is 0.544. The molecule has 0 bridgehead atoms. The predicted octanol–water partition coefficient (Wildman–Crippen LogP) is 2.79. The Labute approximate surface area is 185 Å². The van der Waals surface area contributed by atoms with Gasteiger partial charge in [0.1, 0.15) is 18.2 Å². The van der Waals surface area contributed by atoms with Crippen LogP contribution >= 0.6 is 11.8 Å². The molecular weight excluding hydrogens is 408 g/mol. The fourth-order valence-corrected chi connectivity index (χ4v) is 5.08. The summed E-state index contributed by atoms with van der Waals surface area (Å²) in [5.41, 5.74) is 16.3. The zero-order chi connectivity index (χ0) is 21.3. The van der Waals surface area contributed by atoms with Crippen LogP contribution in [0.4, 0.5) is 0 Å². The Morgan fingerprint density at radius 1 is 1.06 bits per heavy atom. The van der Waals surface area contributed by atoms with E-state index in [4.69, 9.17) is 21.2 Å². The summed E-state index contributed by atoms with van der Waals surface area (Å²) in [4.78, 5) is 11.6. The van der Waals surface area contributed by atoms with Crippen molar-refractivity contribution >= 4 is 27.7 Å². The second-order valence-electron chi connectivity index (χ2n) is 7.87. The molecule has 1 saturated heterocycles. The number of nitrogens with two attached hydrogens (primary N) is 2. The van der Waals surface area contributed by atoms with Crippen LogP contribution in [0.1, 0.15) is 24.1 Å². The number of fused-ring (bicyclic) bond motifs is 1. The maximum absolute atomic E-state index is 6.68.